The number of aryl methyl sites for hydroxylation is 2. The second-order valence-electron chi connectivity index (χ2n) is 4.76. The molecule has 3 heteroatoms. The van der Waals surface area contributed by atoms with Gasteiger partial charge in [-0.15, -0.1) is 0 Å². The van der Waals surface area contributed by atoms with Gasteiger partial charge < -0.3 is 10.4 Å². The van der Waals surface area contributed by atoms with Gasteiger partial charge in [0.05, 0.1) is 0 Å². The quantitative estimate of drug-likeness (QED) is 0.751. The number of rotatable bonds is 2. The van der Waals surface area contributed by atoms with E-state index in [1.165, 1.54) is 0 Å². The van der Waals surface area contributed by atoms with Crippen molar-refractivity contribution in [1.29, 1.82) is 0 Å². The molecule has 2 rings (SSSR count). The summed E-state index contributed by atoms with van der Waals surface area (Å²) in [5, 5.41) is 12.4. The molecule has 1 amide bonds. The Hall–Kier alpha value is -1.51. The highest BCUT2D eigenvalue weighted by Crippen LogP contribution is 2.38. The third kappa shape index (κ3) is 2.03. The van der Waals surface area contributed by atoms with E-state index >= 15 is 0 Å². The van der Waals surface area contributed by atoms with Gasteiger partial charge in [-0.2, -0.15) is 0 Å². The van der Waals surface area contributed by atoms with Crippen LogP contribution < -0.4 is 5.32 Å². The zero-order chi connectivity index (χ0) is 11.9. The number of phenols is 1. The van der Waals surface area contributed by atoms with Crippen LogP contribution in [-0.2, 0) is 4.79 Å². The summed E-state index contributed by atoms with van der Waals surface area (Å²) < 4.78 is 0. The molecule has 16 heavy (non-hydrogen) atoms. The van der Waals surface area contributed by atoms with Gasteiger partial charge in [0.1, 0.15) is 5.75 Å². The summed E-state index contributed by atoms with van der Waals surface area (Å²) >= 11 is 0. The van der Waals surface area contributed by atoms with Crippen LogP contribution in [0.3, 0.4) is 0 Å². The molecule has 0 saturated heterocycles. The summed E-state index contributed by atoms with van der Waals surface area (Å²) in [6, 6.07) is 3.50. The normalized spacial score (nSPS) is 22.9. The van der Waals surface area contributed by atoms with Gasteiger partial charge in [-0.25, -0.2) is 0 Å². The number of hydrogen-bond acceptors (Lipinski definition) is 2. The van der Waals surface area contributed by atoms with Crippen molar-refractivity contribution in [2.45, 2.75) is 27.2 Å². The topological polar surface area (TPSA) is 49.3 Å². The zero-order valence-electron chi connectivity index (χ0n) is 9.87. The van der Waals surface area contributed by atoms with Gasteiger partial charge >= 0.3 is 0 Å². The van der Waals surface area contributed by atoms with Crippen molar-refractivity contribution in [3.63, 3.8) is 0 Å². The van der Waals surface area contributed by atoms with E-state index in [1.54, 1.807) is 6.07 Å². The highest BCUT2D eigenvalue weighted by atomic mass is 16.3. The molecule has 1 aromatic carbocycles. The Morgan fingerprint density at radius 2 is 2.00 bits per heavy atom. The highest BCUT2D eigenvalue weighted by molar-refractivity contribution is 5.95. The Bertz CT molecular complexity index is 440. The van der Waals surface area contributed by atoms with Crippen molar-refractivity contribution in [3.05, 3.63) is 23.3 Å². The number of nitrogens with one attached hydrogen (secondary N) is 1. The second kappa shape index (κ2) is 3.81. The zero-order valence-corrected chi connectivity index (χ0v) is 9.87. The summed E-state index contributed by atoms with van der Waals surface area (Å²) in [4.78, 5) is 11.8. The smallest absolute Gasteiger partial charge is 0.227 e. The van der Waals surface area contributed by atoms with Crippen LogP contribution in [0.15, 0.2) is 12.1 Å². The molecule has 1 aliphatic rings. The van der Waals surface area contributed by atoms with Gasteiger partial charge in [0, 0.05) is 11.6 Å². The molecule has 1 fully saturated rings. The first-order valence-corrected chi connectivity index (χ1v) is 5.60. The monoisotopic (exact) mass is 219 g/mol. The van der Waals surface area contributed by atoms with Crippen molar-refractivity contribution in [3.8, 4) is 5.75 Å². The SMILES string of the molecule is Cc1cc(NC(=O)C2CC2C)c(C)cc1O. The summed E-state index contributed by atoms with van der Waals surface area (Å²) in [6.07, 6.45) is 0.988. The number of carbonyl (C=O) groups is 1. The Balaban J connectivity index is 2.15. The number of phenolic OH excluding ortho intramolecular Hbond substituents is 1. The number of amides is 1. The molecule has 1 aromatic rings. The van der Waals surface area contributed by atoms with E-state index in [9.17, 15) is 9.90 Å². The predicted molar refractivity (Wildman–Crippen MR) is 63.5 cm³/mol. The van der Waals surface area contributed by atoms with Gasteiger partial charge in [0.2, 0.25) is 5.91 Å². The molecule has 1 saturated carbocycles. The van der Waals surface area contributed by atoms with Crippen molar-refractivity contribution in [2.75, 3.05) is 5.32 Å². The average molecular weight is 219 g/mol. The minimum Gasteiger partial charge on any atom is -0.508 e. The van der Waals surface area contributed by atoms with E-state index in [2.05, 4.69) is 12.2 Å². The number of carbonyl (C=O) groups excluding carboxylic acids is 1. The lowest BCUT2D eigenvalue weighted by atomic mass is 10.1. The fourth-order valence-electron chi connectivity index (χ4n) is 1.85. The molecule has 0 bridgehead atoms. The molecule has 0 radical (unpaired) electrons. The van der Waals surface area contributed by atoms with E-state index in [-0.39, 0.29) is 17.6 Å². The molecular weight excluding hydrogens is 202 g/mol. The van der Waals surface area contributed by atoms with Crippen LogP contribution in [0.1, 0.15) is 24.5 Å². The molecule has 2 atom stereocenters. The van der Waals surface area contributed by atoms with Crippen molar-refractivity contribution >= 4 is 11.6 Å². The number of benzene rings is 1. The fraction of sp³-hybridized carbons (Fsp3) is 0.462. The lowest BCUT2D eigenvalue weighted by Gasteiger charge is -2.10. The summed E-state index contributed by atoms with van der Waals surface area (Å²) in [5.41, 5.74) is 2.48. The molecule has 0 aliphatic heterocycles. The van der Waals surface area contributed by atoms with Gasteiger partial charge in [0.25, 0.3) is 0 Å². The Labute approximate surface area is 95.5 Å². The largest absolute Gasteiger partial charge is 0.508 e. The molecule has 0 aromatic heterocycles. The molecule has 0 spiro atoms. The minimum atomic E-state index is 0.0979. The van der Waals surface area contributed by atoms with Crippen molar-refractivity contribution < 1.29 is 9.90 Å². The average Bonchev–Trinajstić information content (AvgIpc) is 2.92. The maximum atomic E-state index is 11.8. The highest BCUT2D eigenvalue weighted by Gasteiger charge is 2.39. The predicted octanol–water partition coefficient (Wildman–Crippen LogP) is 2.60. The van der Waals surface area contributed by atoms with E-state index in [4.69, 9.17) is 0 Å². The standard InChI is InChI=1S/C13H17NO2/c1-7-4-10(7)13(16)14-11-5-9(3)12(15)6-8(11)2/h5-7,10,15H,4H2,1-3H3,(H,14,16). The number of aromatic hydroxyl groups is 1. The van der Waals surface area contributed by atoms with E-state index in [0.717, 1.165) is 23.2 Å². The molecule has 86 valence electrons. The molecule has 2 N–H and O–H groups in total. The fourth-order valence-corrected chi connectivity index (χ4v) is 1.85. The maximum absolute atomic E-state index is 11.8. The minimum absolute atomic E-state index is 0.0979. The summed E-state index contributed by atoms with van der Waals surface area (Å²) in [5.74, 6) is 1.06. The van der Waals surface area contributed by atoms with Crippen LogP contribution in [0.4, 0.5) is 5.69 Å². The van der Waals surface area contributed by atoms with Crippen molar-refractivity contribution in [1.82, 2.24) is 0 Å². The lowest BCUT2D eigenvalue weighted by Crippen LogP contribution is -2.15. The molecule has 0 heterocycles. The maximum Gasteiger partial charge on any atom is 0.227 e. The second-order valence-corrected chi connectivity index (χ2v) is 4.76. The Kier molecular flexibility index (Phi) is 2.62. The third-order valence-corrected chi connectivity index (χ3v) is 3.25. The summed E-state index contributed by atoms with van der Waals surface area (Å²) in [6.45, 7) is 5.79. The van der Waals surface area contributed by atoms with Crippen LogP contribution in [0.2, 0.25) is 0 Å². The van der Waals surface area contributed by atoms with E-state index in [0.29, 0.717) is 5.92 Å². The first-order valence-electron chi connectivity index (χ1n) is 5.60. The van der Waals surface area contributed by atoms with Gasteiger partial charge in [-0.3, -0.25) is 4.79 Å². The van der Waals surface area contributed by atoms with Crippen LogP contribution in [0, 0.1) is 25.7 Å². The molecule has 3 nitrogen and oxygen atoms in total. The van der Waals surface area contributed by atoms with Gasteiger partial charge in [0.15, 0.2) is 0 Å². The Morgan fingerprint density at radius 1 is 1.38 bits per heavy atom. The first-order chi connectivity index (χ1) is 7.49. The van der Waals surface area contributed by atoms with Crippen molar-refractivity contribution in [2.24, 2.45) is 11.8 Å². The number of anilines is 1. The van der Waals surface area contributed by atoms with Crippen LogP contribution >= 0.6 is 0 Å². The van der Waals surface area contributed by atoms with E-state index < -0.39 is 0 Å². The Morgan fingerprint density at radius 3 is 2.56 bits per heavy atom. The van der Waals surface area contributed by atoms with Crippen LogP contribution in [-0.4, -0.2) is 11.0 Å². The first kappa shape index (κ1) is 11.0. The molecular formula is C13H17NO2. The number of hydrogen-bond donors (Lipinski definition) is 2. The lowest BCUT2D eigenvalue weighted by molar-refractivity contribution is -0.117. The van der Waals surface area contributed by atoms with Crippen LogP contribution in [0.5, 0.6) is 5.75 Å². The third-order valence-electron chi connectivity index (χ3n) is 3.25. The van der Waals surface area contributed by atoms with Crippen LogP contribution in [0.25, 0.3) is 0 Å². The van der Waals surface area contributed by atoms with E-state index in [1.807, 2.05) is 19.9 Å². The summed E-state index contributed by atoms with van der Waals surface area (Å²) in [7, 11) is 0. The molecule has 1 aliphatic carbocycles. The van der Waals surface area contributed by atoms with Gasteiger partial charge in [-0.1, -0.05) is 6.92 Å². The molecule has 2 unspecified atom stereocenters. The van der Waals surface area contributed by atoms with Gasteiger partial charge in [-0.05, 0) is 49.4 Å².